The number of anilines is 1. The van der Waals surface area contributed by atoms with E-state index in [1.54, 1.807) is 0 Å². The number of hydrogen-bond acceptors (Lipinski definition) is 8. The van der Waals surface area contributed by atoms with Crippen molar-refractivity contribution in [1.82, 2.24) is 9.80 Å². The molecule has 2 N–H and O–H groups in total. The van der Waals surface area contributed by atoms with Crippen molar-refractivity contribution in [2.24, 2.45) is 0 Å². The molecule has 274 valence electrons. The smallest absolute Gasteiger partial charge is 0.303 e. The number of amides is 1. The highest BCUT2D eigenvalue weighted by Crippen LogP contribution is 2.36. The summed E-state index contributed by atoms with van der Waals surface area (Å²) in [5.41, 5.74) is 5.51. The number of aryl methyl sites for hydroxylation is 1. The molecule has 3 aromatic rings. The third-order valence-corrected chi connectivity index (χ3v) is 9.55. The van der Waals surface area contributed by atoms with Crippen LogP contribution in [0, 0.1) is 0 Å². The van der Waals surface area contributed by atoms with Crippen LogP contribution in [0.3, 0.4) is 0 Å². The summed E-state index contributed by atoms with van der Waals surface area (Å²) >= 11 is 0. The average Bonchev–Trinajstić information content (AvgIpc) is 3.12. The molecular weight excluding hydrogens is 650 g/mol. The van der Waals surface area contributed by atoms with Crippen LogP contribution in [0.1, 0.15) is 66.4 Å². The number of unbranched alkanes of at least 4 members (excludes halogenated alkanes) is 3. The van der Waals surface area contributed by atoms with Gasteiger partial charge in [-0.1, -0.05) is 31.0 Å². The lowest BCUT2D eigenvalue weighted by atomic mass is 9.97. The first kappa shape index (κ1) is 37.5. The molecule has 1 amide bonds. The molecule has 1 saturated heterocycles. The Morgan fingerprint density at radius 3 is 2.29 bits per heavy atom. The zero-order chi connectivity index (χ0) is 36.2. The van der Waals surface area contributed by atoms with Crippen molar-refractivity contribution in [3.8, 4) is 28.4 Å². The van der Waals surface area contributed by atoms with Crippen LogP contribution in [0.15, 0.2) is 54.6 Å². The van der Waals surface area contributed by atoms with Gasteiger partial charge >= 0.3 is 11.9 Å². The first-order valence-electron chi connectivity index (χ1n) is 18.1. The molecule has 0 aliphatic carbocycles. The van der Waals surface area contributed by atoms with Gasteiger partial charge in [0.2, 0.25) is 0 Å². The first-order valence-corrected chi connectivity index (χ1v) is 18.1. The summed E-state index contributed by atoms with van der Waals surface area (Å²) in [6.45, 7) is 5.35. The van der Waals surface area contributed by atoms with Crippen LogP contribution in [-0.2, 0) is 22.4 Å². The zero-order valence-corrected chi connectivity index (χ0v) is 29.9. The second-order valence-corrected chi connectivity index (χ2v) is 13.4. The molecule has 0 radical (unpaired) electrons. The van der Waals surface area contributed by atoms with Crippen molar-refractivity contribution in [1.29, 1.82) is 0 Å². The van der Waals surface area contributed by atoms with Gasteiger partial charge in [-0.15, -0.1) is 0 Å². The Bertz CT molecular complexity index is 1650. The normalized spacial score (nSPS) is 14.5. The summed E-state index contributed by atoms with van der Waals surface area (Å²) in [5.74, 6) is 0.420. The van der Waals surface area contributed by atoms with Gasteiger partial charge in [-0.2, -0.15) is 0 Å². The van der Waals surface area contributed by atoms with Crippen LogP contribution in [-0.4, -0.2) is 104 Å². The Labute approximate surface area is 300 Å². The predicted octanol–water partition coefficient (Wildman–Crippen LogP) is 6.01. The summed E-state index contributed by atoms with van der Waals surface area (Å²) in [4.78, 5) is 42.2. The highest BCUT2D eigenvalue weighted by atomic mass is 16.5. The van der Waals surface area contributed by atoms with Crippen molar-refractivity contribution in [2.75, 3.05) is 71.5 Å². The summed E-state index contributed by atoms with van der Waals surface area (Å²) in [7, 11) is 4.13. The number of carbonyl (C=O) groups excluding carboxylic acids is 1. The number of piperazine rings is 1. The van der Waals surface area contributed by atoms with Crippen molar-refractivity contribution in [2.45, 2.75) is 57.8 Å². The largest absolute Gasteiger partial charge is 0.494 e. The molecule has 0 unspecified atom stereocenters. The highest BCUT2D eigenvalue weighted by molar-refractivity contribution is 5.96. The minimum absolute atomic E-state index is 0.00131. The summed E-state index contributed by atoms with van der Waals surface area (Å²) < 4.78 is 18.1. The second kappa shape index (κ2) is 18.5. The molecule has 0 saturated carbocycles. The van der Waals surface area contributed by atoms with Crippen molar-refractivity contribution in [3.63, 3.8) is 0 Å². The lowest BCUT2D eigenvalue weighted by Crippen LogP contribution is -2.47. The Balaban J connectivity index is 1.19. The quantitative estimate of drug-likeness (QED) is 0.152. The molecule has 0 aromatic heterocycles. The Morgan fingerprint density at radius 1 is 0.745 bits per heavy atom. The number of hydrogen-bond donors (Lipinski definition) is 2. The van der Waals surface area contributed by atoms with Gasteiger partial charge in [0.25, 0.3) is 5.91 Å². The minimum Gasteiger partial charge on any atom is -0.494 e. The van der Waals surface area contributed by atoms with E-state index in [1.807, 2.05) is 47.4 Å². The fraction of sp³-hybridized carbons (Fsp3) is 0.475. The molecule has 0 bridgehead atoms. The summed E-state index contributed by atoms with van der Waals surface area (Å²) in [5, 5.41) is 18.2. The number of benzene rings is 3. The zero-order valence-electron chi connectivity index (χ0n) is 29.9. The molecule has 2 aliphatic rings. The van der Waals surface area contributed by atoms with E-state index in [9.17, 15) is 19.5 Å². The van der Waals surface area contributed by atoms with E-state index >= 15 is 0 Å². The molecular formula is C40H51N3O8. The SMILES string of the molecule is CN1CCN(C(=O)c2cc(OCCCCCCc3cccc(OCCCC(=O)O)c3CCC(=O)O)cc(-c3ccc4c(c3)OCCN4C)c2)CC1. The molecule has 11 nitrogen and oxygen atoms in total. The van der Waals surface area contributed by atoms with Crippen LogP contribution >= 0.6 is 0 Å². The molecule has 0 spiro atoms. The number of likely N-dealkylation sites (N-methyl/N-ethyl adjacent to an activating group) is 2. The molecule has 51 heavy (non-hydrogen) atoms. The Hall–Kier alpha value is -4.77. The standard InChI is InChI=1S/C40H51N3O8/c1-41-17-19-43(20-18-41)40(48)32-25-31(30-13-15-35-37(28-30)51-24-21-42(35)2)26-33(27-32)49-22-6-4-3-5-9-29-10-7-11-36(34(29)14-16-39(46)47)50-23-8-12-38(44)45/h7,10-11,13,15,25-28H,3-6,8-9,12,14,16-24H2,1-2H3,(H,44,45)(H,46,47). The van der Waals surface area contributed by atoms with Gasteiger partial charge in [-0.25, -0.2) is 0 Å². The van der Waals surface area contributed by atoms with E-state index in [0.29, 0.717) is 56.2 Å². The predicted molar refractivity (Wildman–Crippen MR) is 196 cm³/mol. The fourth-order valence-corrected chi connectivity index (χ4v) is 6.57. The molecule has 2 heterocycles. The summed E-state index contributed by atoms with van der Waals surface area (Å²) in [6.07, 6.45) is 5.28. The number of carbonyl (C=O) groups is 3. The summed E-state index contributed by atoms with van der Waals surface area (Å²) in [6, 6.07) is 17.8. The van der Waals surface area contributed by atoms with Gasteiger partial charge in [0.1, 0.15) is 23.9 Å². The molecule has 5 rings (SSSR count). The monoisotopic (exact) mass is 701 g/mol. The Kier molecular flexibility index (Phi) is 13.6. The second-order valence-electron chi connectivity index (χ2n) is 13.4. The molecule has 2 aliphatic heterocycles. The van der Waals surface area contributed by atoms with Crippen LogP contribution in [0.25, 0.3) is 11.1 Å². The molecule has 11 heteroatoms. The van der Waals surface area contributed by atoms with Gasteiger partial charge in [-0.05, 0) is 97.8 Å². The number of rotatable bonds is 18. The van der Waals surface area contributed by atoms with Gasteiger partial charge in [0, 0.05) is 51.6 Å². The number of aliphatic carboxylic acids is 2. The van der Waals surface area contributed by atoms with Gasteiger partial charge in [0.05, 0.1) is 25.4 Å². The van der Waals surface area contributed by atoms with Gasteiger partial charge in [-0.3, -0.25) is 14.4 Å². The maximum atomic E-state index is 13.7. The van der Waals surface area contributed by atoms with E-state index in [1.165, 1.54) is 0 Å². The third kappa shape index (κ3) is 10.9. The molecule has 0 atom stereocenters. The molecule has 1 fully saturated rings. The Morgan fingerprint density at radius 2 is 1.51 bits per heavy atom. The minimum atomic E-state index is -0.868. The van der Waals surface area contributed by atoms with E-state index in [0.717, 1.165) is 85.4 Å². The van der Waals surface area contributed by atoms with E-state index in [2.05, 4.69) is 36.0 Å². The first-order chi connectivity index (χ1) is 24.7. The average molecular weight is 702 g/mol. The van der Waals surface area contributed by atoms with E-state index < -0.39 is 11.9 Å². The lowest BCUT2D eigenvalue weighted by Gasteiger charge is -2.32. The van der Waals surface area contributed by atoms with E-state index in [-0.39, 0.29) is 25.4 Å². The fourth-order valence-electron chi connectivity index (χ4n) is 6.57. The maximum Gasteiger partial charge on any atom is 0.303 e. The van der Waals surface area contributed by atoms with Crippen LogP contribution < -0.4 is 19.1 Å². The lowest BCUT2D eigenvalue weighted by molar-refractivity contribution is -0.138. The third-order valence-electron chi connectivity index (χ3n) is 9.55. The van der Waals surface area contributed by atoms with E-state index in [4.69, 9.17) is 19.3 Å². The van der Waals surface area contributed by atoms with Crippen molar-refractivity contribution >= 4 is 23.5 Å². The van der Waals surface area contributed by atoms with Gasteiger partial charge in [0.15, 0.2) is 0 Å². The molecule has 3 aromatic carbocycles. The topological polar surface area (TPSA) is 129 Å². The van der Waals surface area contributed by atoms with Gasteiger partial charge < -0.3 is 39.1 Å². The number of fused-ring (bicyclic) bond motifs is 1. The van der Waals surface area contributed by atoms with Crippen LogP contribution in [0.2, 0.25) is 0 Å². The van der Waals surface area contributed by atoms with Crippen molar-refractivity contribution in [3.05, 3.63) is 71.3 Å². The number of carboxylic acid groups (broad SMARTS) is 2. The van der Waals surface area contributed by atoms with Crippen molar-refractivity contribution < 1.29 is 38.8 Å². The van der Waals surface area contributed by atoms with Crippen LogP contribution in [0.4, 0.5) is 5.69 Å². The maximum absolute atomic E-state index is 13.7. The van der Waals surface area contributed by atoms with Crippen LogP contribution in [0.5, 0.6) is 17.2 Å². The number of ether oxygens (including phenoxy) is 3. The highest BCUT2D eigenvalue weighted by Gasteiger charge is 2.22. The number of carboxylic acids is 2. The number of nitrogens with zero attached hydrogens (tertiary/aromatic N) is 3.